The van der Waals surface area contributed by atoms with E-state index in [1.165, 1.54) is 11.1 Å². The maximum atomic E-state index is 12.3. The highest BCUT2D eigenvalue weighted by Crippen LogP contribution is 2.29. The fraction of sp³-hybridized carbons (Fsp3) is 0.231. The minimum absolute atomic E-state index is 0.118. The highest BCUT2D eigenvalue weighted by atomic mass is 35.5. The van der Waals surface area contributed by atoms with E-state index in [1.54, 1.807) is 0 Å². The largest absolute Gasteiger partial charge is 0.482 e. The lowest BCUT2D eigenvalue weighted by Gasteiger charge is -2.12. The lowest BCUT2D eigenvalue weighted by molar-refractivity contribution is -0.118. The zero-order chi connectivity index (χ0) is 22.8. The molecule has 4 aromatic rings. The molecule has 0 bridgehead atoms. The van der Waals surface area contributed by atoms with Crippen LogP contribution in [0.15, 0.2) is 52.9 Å². The Kier molecular flexibility index (Phi) is 6.19. The first-order valence-corrected chi connectivity index (χ1v) is 10.8. The van der Waals surface area contributed by atoms with Crippen molar-refractivity contribution in [3.8, 4) is 5.75 Å². The topological polar surface area (TPSA) is 64.4 Å². The van der Waals surface area contributed by atoms with Gasteiger partial charge in [-0.1, -0.05) is 29.8 Å². The molecule has 1 heterocycles. The van der Waals surface area contributed by atoms with Crippen LogP contribution in [-0.4, -0.2) is 17.5 Å². The fourth-order valence-corrected chi connectivity index (χ4v) is 3.98. The van der Waals surface area contributed by atoms with Crippen molar-refractivity contribution in [2.75, 3.05) is 11.9 Å². The van der Waals surface area contributed by atoms with Crippen LogP contribution >= 0.6 is 11.6 Å². The van der Waals surface area contributed by atoms with Crippen molar-refractivity contribution in [2.45, 2.75) is 34.1 Å². The van der Waals surface area contributed by atoms with Gasteiger partial charge >= 0.3 is 0 Å². The molecule has 0 aliphatic heterocycles. The van der Waals surface area contributed by atoms with Gasteiger partial charge in [0.2, 0.25) is 0 Å². The quantitative estimate of drug-likeness (QED) is 0.374. The zero-order valence-electron chi connectivity index (χ0n) is 18.6. The molecular weight excluding hydrogens is 424 g/mol. The summed E-state index contributed by atoms with van der Waals surface area (Å²) in [6.45, 7) is 7.88. The minimum Gasteiger partial charge on any atom is -0.482 e. The van der Waals surface area contributed by atoms with Crippen LogP contribution in [0.4, 0.5) is 5.69 Å². The summed E-state index contributed by atoms with van der Waals surface area (Å²) in [5, 5.41) is 3.35. The predicted molar refractivity (Wildman–Crippen MR) is 128 cm³/mol. The van der Waals surface area contributed by atoms with E-state index in [0.717, 1.165) is 27.8 Å². The summed E-state index contributed by atoms with van der Waals surface area (Å²) >= 11 is 6.23. The van der Waals surface area contributed by atoms with Gasteiger partial charge in [0.1, 0.15) is 11.3 Å². The Hall–Kier alpha value is -3.31. The van der Waals surface area contributed by atoms with Gasteiger partial charge in [-0.05, 0) is 85.8 Å². The van der Waals surface area contributed by atoms with Gasteiger partial charge in [-0.2, -0.15) is 0 Å². The van der Waals surface area contributed by atoms with Crippen LogP contribution in [-0.2, 0) is 11.2 Å². The average molecular weight is 449 g/mol. The monoisotopic (exact) mass is 448 g/mol. The molecule has 1 N–H and O–H groups in total. The van der Waals surface area contributed by atoms with E-state index >= 15 is 0 Å². The molecule has 3 aromatic carbocycles. The van der Waals surface area contributed by atoms with Crippen molar-refractivity contribution in [1.29, 1.82) is 0 Å². The van der Waals surface area contributed by atoms with Gasteiger partial charge in [-0.25, -0.2) is 4.98 Å². The van der Waals surface area contributed by atoms with Crippen molar-refractivity contribution in [2.24, 2.45) is 0 Å². The molecule has 164 valence electrons. The maximum absolute atomic E-state index is 12.3. The van der Waals surface area contributed by atoms with Crippen LogP contribution < -0.4 is 10.1 Å². The van der Waals surface area contributed by atoms with E-state index < -0.39 is 0 Å². The Morgan fingerprint density at radius 3 is 2.44 bits per heavy atom. The molecule has 0 spiro atoms. The third kappa shape index (κ3) is 4.94. The number of benzene rings is 3. The first kappa shape index (κ1) is 21.9. The Balaban J connectivity index is 1.36. The van der Waals surface area contributed by atoms with Crippen LogP contribution in [0.1, 0.15) is 33.7 Å². The molecule has 0 saturated carbocycles. The van der Waals surface area contributed by atoms with Gasteiger partial charge in [0.25, 0.3) is 5.91 Å². The van der Waals surface area contributed by atoms with Gasteiger partial charge in [0.05, 0.1) is 5.02 Å². The van der Waals surface area contributed by atoms with E-state index in [9.17, 15) is 4.79 Å². The SMILES string of the molecule is Cc1cc(C)c(OCC(=O)Nc2ccc(Cc3nc4cc(C)c(C)cc4o3)cc2)c(Cl)c1. The number of carbonyl (C=O) groups excluding carboxylic acids is 1. The smallest absolute Gasteiger partial charge is 0.262 e. The molecule has 32 heavy (non-hydrogen) atoms. The van der Waals surface area contributed by atoms with Crippen LogP contribution in [0.5, 0.6) is 5.75 Å². The second kappa shape index (κ2) is 9.05. The number of halogens is 1. The summed E-state index contributed by atoms with van der Waals surface area (Å²) < 4.78 is 11.5. The van der Waals surface area contributed by atoms with Gasteiger partial charge in [0.15, 0.2) is 18.1 Å². The average Bonchev–Trinajstić information content (AvgIpc) is 3.10. The molecule has 0 unspecified atom stereocenters. The van der Waals surface area contributed by atoms with E-state index in [-0.39, 0.29) is 12.5 Å². The molecule has 4 rings (SSSR count). The fourth-order valence-electron chi connectivity index (χ4n) is 3.60. The second-order valence-electron chi connectivity index (χ2n) is 8.12. The normalized spacial score (nSPS) is 11.0. The Labute approximate surface area is 192 Å². The Bertz CT molecular complexity index is 1230. The molecule has 0 radical (unpaired) electrons. The summed E-state index contributed by atoms with van der Waals surface area (Å²) in [4.78, 5) is 16.9. The van der Waals surface area contributed by atoms with Crippen molar-refractivity contribution in [3.05, 3.63) is 87.3 Å². The number of ether oxygens (including phenoxy) is 1. The van der Waals surface area contributed by atoms with Gasteiger partial charge in [0, 0.05) is 12.1 Å². The molecule has 0 atom stereocenters. The lowest BCUT2D eigenvalue weighted by atomic mass is 10.1. The van der Waals surface area contributed by atoms with Gasteiger partial charge < -0.3 is 14.5 Å². The van der Waals surface area contributed by atoms with E-state index in [4.69, 9.17) is 20.8 Å². The second-order valence-corrected chi connectivity index (χ2v) is 8.52. The Morgan fingerprint density at radius 1 is 1.00 bits per heavy atom. The lowest BCUT2D eigenvalue weighted by Crippen LogP contribution is -2.20. The highest BCUT2D eigenvalue weighted by molar-refractivity contribution is 6.32. The number of oxazole rings is 1. The number of carbonyl (C=O) groups is 1. The zero-order valence-corrected chi connectivity index (χ0v) is 19.3. The molecule has 0 fully saturated rings. The first-order chi connectivity index (χ1) is 15.3. The number of fused-ring (bicyclic) bond motifs is 1. The van der Waals surface area contributed by atoms with Gasteiger partial charge in [-0.15, -0.1) is 0 Å². The van der Waals surface area contributed by atoms with Crippen molar-refractivity contribution < 1.29 is 13.9 Å². The van der Waals surface area contributed by atoms with Crippen LogP contribution in [0.3, 0.4) is 0 Å². The van der Waals surface area contributed by atoms with Crippen molar-refractivity contribution in [3.63, 3.8) is 0 Å². The van der Waals surface area contributed by atoms with E-state index in [2.05, 4.69) is 24.1 Å². The number of hydrogen-bond acceptors (Lipinski definition) is 4. The number of amides is 1. The molecule has 6 heteroatoms. The summed E-state index contributed by atoms with van der Waals surface area (Å²) in [7, 11) is 0. The molecule has 1 aromatic heterocycles. The van der Waals surface area contributed by atoms with Crippen LogP contribution in [0.25, 0.3) is 11.1 Å². The van der Waals surface area contributed by atoms with Crippen molar-refractivity contribution >= 4 is 34.3 Å². The molecular formula is C26H25ClN2O3. The highest BCUT2D eigenvalue weighted by Gasteiger charge is 2.11. The molecule has 0 aliphatic carbocycles. The third-order valence-electron chi connectivity index (χ3n) is 5.36. The summed E-state index contributed by atoms with van der Waals surface area (Å²) in [6.07, 6.45) is 0.579. The molecule has 5 nitrogen and oxygen atoms in total. The number of rotatable bonds is 6. The number of aromatic nitrogens is 1. The van der Waals surface area contributed by atoms with Crippen LogP contribution in [0, 0.1) is 27.7 Å². The van der Waals surface area contributed by atoms with Crippen molar-refractivity contribution in [1.82, 2.24) is 4.98 Å². The van der Waals surface area contributed by atoms with Crippen LogP contribution in [0.2, 0.25) is 5.02 Å². The standard InChI is InChI=1S/C26H25ClN2O3/c1-15-9-18(4)26(21(27)10-15)31-14-24(30)28-20-7-5-19(6-8-20)13-25-29-22-11-16(2)17(3)12-23(22)32-25/h5-12H,13-14H2,1-4H3,(H,28,30). The Morgan fingerprint density at radius 2 is 1.72 bits per heavy atom. The van der Waals surface area contributed by atoms with E-state index in [0.29, 0.717) is 28.8 Å². The summed E-state index contributed by atoms with van der Waals surface area (Å²) in [6, 6.07) is 15.5. The predicted octanol–water partition coefficient (Wildman–Crippen LogP) is 6.32. The number of aryl methyl sites for hydroxylation is 4. The minimum atomic E-state index is -0.251. The molecule has 0 aliphatic rings. The van der Waals surface area contributed by atoms with E-state index in [1.807, 2.05) is 62.4 Å². The number of hydrogen-bond donors (Lipinski definition) is 1. The third-order valence-corrected chi connectivity index (χ3v) is 5.64. The number of nitrogens with one attached hydrogen (secondary N) is 1. The molecule has 0 saturated heterocycles. The molecule has 1 amide bonds. The maximum Gasteiger partial charge on any atom is 0.262 e. The number of anilines is 1. The number of nitrogens with zero attached hydrogens (tertiary/aromatic N) is 1. The summed E-state index contributed by atoms with van der Waals surface area (Å²) in [5.41, 5.74) is 7.74. The van der Waals surface area contributed by atoms with Gasteiger partial charge in [-0.3, -0.25) is 4.79 Å². The summed E-state index contributed by atoms with van der Waals surface area (Å²) in [5.74, 6) is 0.950. The first-order valence-electron chi connectivity index (χ1n) is 10.4.